The summed E-state index contributed by atoms with van der Waals surface area (Å²) < 4.78 is 0. The molecule has 1 aliphatic carbocycles. The van der Waals surface area contributed by atoms with Gasteiger partial charge < -0.3 is 0 Å². The van der Waals surface area contributed by atoms with E-state index in [0.717, 1.165) is 0 Å². The highest BCUT2D eigenvalue weighted by molar-refractivity contribution is 6.18. The van der Waals surface area contributed by atoms with Crippen LogP contribution in [0.1, 0.15) is 53.9 Å². The Morgan fingerprint density at radius 3 is 2.52 bits per heavy atom. The van der Waals surface area contributed by atoms with Crippen molar-refractivity contribution in [3.63, 3.8) is 0 Å². The smallest absolute Gasteiger partial charge is 0.0409 e. The maximum Gasteiger partial charge on any atom is 0.0409 e. The molecule has 1 rings (SSSR count). The van der Waals surface area contributed by atoms with Crippen LogP contribution in [-0.2, 0) is 0 Å². The molecule has 0 spiro atoms. The van der Waals surface area contributed by atoms with Crippen molar-refractivity contribution >= 4 is 11.6 Å². The van der Waals surface area contributed by atoms with Gasteiger partial charge in [-0.15, -0.1) is 11.6 Å². The second-order valence-corrected chi connectivity index (χ2v) is 6.95. The van der Waals surface area contributed by atoms with Gasteiger partial charge in [-0.25, -0.2) is 0 Å². The van der Waals surface area contributed by atoms with Gasteiger partial charge in [-0.1, -0.05) is 67.0 Å². The summed E-state index contributed by atoms with van der Waals surface area (Å²) in [4.78, 5) is 0. The SMILES string of the molecule is CC(C=CC1=C(C)CCCC1(C)C)=CC=CC(C)=CCCl. The van der Waals surface area contributed by atoms with E-state index in [4.69, 9.17) is 11.6 Å². The third kappa shape index (κ3) is 6.09. The molecule has 0 radical (unpaired) electrons. The van der Waals surface area contributed by atoms with Crippen LogP contribution in [0.3, 0.4) is 0 Å². The Morgan fingerprint density at radius 1 is 1.19 bits per heavy atom. The monoisotopic (exact) mass is 304 g/mol. The third-order valence-electron chi connectivity index (χ3n) is 4.17. The number of alkyl halides is 1. The van der Waals surface area contributed by atoms with Crippen molar-refractivity contribution in [1.82, 2.24) is 0 Å². The summed E-state index contributed by atoms with van der Waals surface area (Å²) in [7, 11) is 0. The van der Waals surface area contributed by atoms with E-state index in [0.29, 0.717) is 11.3 Å². The van der Waals surface area contributed by atoms with Crippen molar-refractivity contribution in [3.8, 4) is 0 Å². The first kappa shape index (κ1) is 18.0. The zero-order valence-electron chi connectivity index (χ0n) is 14.2. The molecule has 0 heterocycles. The lowest BCUT2D eigenvalue weighted by atomic mass is 9.72. The molecule has 0 aromatic heterocycles. The fraction of sp³-hybridized carbons (Fsp3) is 0.500. The Labute approximate surface area is 136 Å². The van der Waals surface area contributed by atoms with Crippen molar-refractivity contribution in [2.75, 3.05) is 5.88 Å². The molecular weight excluding hydrogens is 276 g/mol. The van der Waals surface area contributed by atoms with Crippen LogP contribution in [0.15, 0.2) is 58.7 Å². The number of hydrogen-bond acceptors (Lipinski definition) is 0. The molecule has 0 atom stereocenters. The molecular formula is C20H29Cl. The zero-order chi connectivity index (χ0) is 15.9. The molecule has 0 saturated carbocycles. The molecule has 0 nitrogen and oxygen atoms in total. The minimum absolute atomic E-state index is 0.314. The molecule has 0 fully saturated rings. The number of halogens is 1. The highest BCUT2D eigenvalue weighted by Crippen LogP contribution is 2.40. The number of rotatable bonds is 5. The van der Waals surface area contributed by atoms with Crippen LogP contribution in [0.2, 0.25) is 0 Å². The molecule has 0 amide bonds. The fourth-order valence-electron chi connectivity index (χ4n) is 2.82. The van der Waals surface area contributed by atoms with E-state index in [1.165, 1.54) is 36.0 Å². The first-order valence-corrected chi connectivity index (χ1v) is 8.36. The summed E-state index contributed by atoms with van der Waals surface area (Å²) >= 11 is 5.67. The van der Waals surface area contributed by atoms with Crippen molar-refractivity contribution in [3.05, 3.63) is 58.7 Å². The minimum Gasteiger partial charge on any atom is -0.122 e. The first-order valence-electron chi connectivity index (χ1n) is 7.83. The molecule has 0 aromatic carbocycles. The van der Waals surface area contributed by atoms with E-state index in [9.17, 15) is 0 Å². The molecule has 1 aliphatic rings. The van der Waals surface area contributed by atoms with Crippen LogP contribution >= 0.6 is 11.6 Å². The summed E-state index contributed by atoms with van der Waals surface area (Å²) in [5.41, 5.74) is 5.85. The van der Waals surface area contributed by atoms with Gasteiger partial charge in [0.1, 0.15) is 0 Å². The van der Waals surface area contributed by atoms with Gasteiger partial charge in [0.25, 0.3) is 0 Å². The van der Waals surface area contributed by atoms with E-state index in [2.05, 4.69) is 65.0 Å². The van der Waals surface area contributed by atoms with Crippen LogP contribution in [0.4, 0.5) is 0 Å². The summed E-state index contributed by atoms with van der Waals surface area (Å²) in [5, 5.41) is 0. The maximum absolute atomic E-state index is 5.67. The number of hydrogen-bond donors (Lipinski definition) is 0. The van der Waals surface area contributed by atoms with Gasteiger partial charge in [-0.05, 0) is 51.0 Å². The highest BCUT2D eigenvalue weighted by Gasteiger charge is 2.26. The lowest BCUT2D eigenvalue weighted by Gasteiger charge is -2.32. The quantitative estimate of drug-likeness (QED) is 0.389. The molecule has 1 heteroatoms. The lowest BCUT2D eigenvalue weighted by Crippen LogP contribution is -2.19. The molecule has 0 unspecified atom stereocenters. The summed E-state index contributed by atoms with van der Waals surface area (Å²) in [6.45, 7) is 11.2. The molecule has 21 heavy (non-hydrogen) atoms. The van der Waals surface area contributed by atoms with E-state index in [1.54, 1.807) is 5.57 Å². The standard InChI is InChI=1S/C20H29Cl/c1-16(8-6-9-17(2)13-15-21)11-12-19-18(3)10-7-14-20(19,4)5/h6,8-9,11-13H,7,10,14-15H2,1-5H3. The summed E-state index contributed by atoms with van der Waals surface area (Å²) in [6, 6.07) is 0. The molecule has 0 aromatic rings. The highest BCUT2D eigenvalue weighted by atomic mass is 35.5. The largest absolute Gasteiger partial charge is 0.122 e. The van der Waals surface area contributed by atoms with Crippen LogP contribution < -0.4 is 0 Å². The van der Waals surface area contributed by atoms with Crippen molar-refractivity contribution in [2.45, 2.75) is 53.9 Å². The predicted octanol–water partition coefficient (Wildman–Crippen LogP) is 6.76. The Balaban J connectivity index is 2.78. The van der Waals surface area contributed by atoms with Gasteiger partial charge in [0.2, 0.25) is 0 Å². The predicted molar refractivity (Wildman–Crippen MR) is 96.8 cm³/mol. The van der Waals surface area contributed by atoms with Crippen LogP contribution in [0, 0.1) is 5.41 Å². The molecule has 0 saturated heterocycles. The second kappa shape index (κ2) is 8.44. The summed E-state index contributed by atoms with van der Waals surface area (Å²) in [6.07, 6.45) is 16.7. The van der Waals surface area contributed by atoms with Gasteiger partial charge in [-0.3, -0.25) is 0 Å². The second-order valence-electron chi connectivity index (χ2n) is 6.64. The van der Waals surface area contributed by atoms with E-state index in [1.807, 2.05) is 6.08 Å². The van der Waals surface area contributed by atoms with Crippen molar-refractivity contribution in [2.24, 2.45) is 5.41 Å². The van der Waals surface area contributed by atoms with Crippen molar-refractivity contribution < 1.29 is 0 Å². The van der Waals surface area contributed by atoms with Gasteiger partial charge >= 0.3 is 0 Å². The van der Waals surface area contributed by atoms with E-state index < -0.39 is 0 Å². The molecule has 0 aliphatic heterocycles. The van der Waals surface area contributed by atoms with Gasteiger partial charge in [-0.2, -0.15) is 0 Å². The Kier molecular flexibility index (Phi) is 7.25. The normalized spacial score (nSPS) is 20.9. The lowest BCUT2D eigenvalue weighted by molar-refractivity contribution is 0.377. The maximum atomic E-state index is 5.67. The Hall–Kier alpha value is -1.01. The van der Waals surface area contributed by atoms with Crippen LogP contribution in [-0.4, -0.2) is 5.88 Å². The fourth-order valence-corrected chi connectivity index (χ4v) is 3.07. The van der Waals surface area contributed by atoms with Gasteiger partial charge in [0.05, 0.1) is 0 Å². The molecule has 116 valence electrons. The molecule has 0 bridgehead atoms. The Morgan fingerprint density at radius 2 is 1.90 bits per heavy atom. The average molecular weight is 305 g/mol. The Bertz CT molecular complexity index is 496. The number of allylic oxidation sites excluding steroid dienone is 10. The zero-order valence-corrected chi connectivity index (χ0v) is 14.9. The van der Waals surface area contributed by atoms with Crippen LogP contribution in [0.5, 0.6) is 0 Å². The minimum atomic E-state index is 0.314. The topological polar surface area (TPSA) is 0 Å². The summed E-state index contributed by atoms with van der Waals surface area (Å²) in [5.74, 6) is 0.571. The molecule has 0 N–H and O–H groups in total. The van der Waals surface area contributed by atoms with Gasteiger partial charge in [0, 0.05) is 5.88 Å². The van der Waals surface area contributed by atoms with E-state index in [-0.39, 0.29) is 0 Å². The average Bonchev–Trinajstić information content (AvgIpc) is 2.37. The first-order chi connectivity index (χ1) is 9.86. The van der Waals surface area contributed by atoms with Crippen molar-refractivity contribution in [1.29, 1.82) is 0 Å². The van der Waals surface area contributed by atoms with Gasteiger partial charge in [0.15, 0.2) is 0 Å². The van der Waals surface area contributed by atoms with Crippen LogP contribution in [0.25, 0.3) is 0 Å². The van der Waals surface area contributed by atoms with E-state index >= 15 is 0 Å². The third-order valence-corrected chi connectivity index (χ3v) is 4.33.